The van der Waals surface area contributed by atoms with Gasteiger partial charge in [-0.05, 0) is 63.4 Å². The fraction of sp³-hybridized carbons (Fsp3) is 0.550. The van der Waals surface area contributed by atoms with Crippen LogP contribution in [0.2, 0.25) is 5.02 Å². The van der Waals surface area contributed by atoms with E-state index in [4.69, 9.17) is 16.0 Å². The number of hydrogen-bond donors (Lipinski definition) is 0. The molecule has 144 valence electrons. The minimum atomic E-state index is -0.102. The number of benzene rings is 1. The zero-order valence-corrected chi connectivity index (χ0v) is 16.5. The van der Waals surface area contributed by atoms with Gasteiger partial charge in [0.05, 0.1) is 6.54 Å². The van der Waals surface area contributed by atoms with Crippen molar-refractivity contribution in [2.45, 2.75) is 44.2 Å². The summed E-state index contributed by atoms with van der Waals surface area (Å²) in [4.78, 5) is 17.1. The van der Waals surface area contributed by atoms with Crippen molar-refractivity contribution in [2.75, 3.05) is 20.6 Å². The largest absolute Gasteiger partial charge is 0.422 e. The van der Waals surface area contributed by atoms with Gasteiger partial charge in [-0.2, -0.15) is 0 Å². The summed E-state index contributed by atoms with van der Waals surface area (Å²) in [5, 5.41) is 9.11. The summed E-state index contributed by atoms with van der Waals surface area (Å²) in [7, 11) is 3.92. The van der Waals surface area contributed by atoms with Crippen molar-refractivity contribution in [2.24, 2.45) is 5.92 Å². The highest BCUT2D eigenvalue weighted by Gasteiger charge is 2.48. The second-order valence-corrected chi connectivity index (χ2v) is 8.26. The first-order chi connectivity index (χ1) is 13.0. The molecule has 27 heavy (non-hydrogen) atoms. The van der Waals surface area contributed by atoms with Crippen molar-refractivity contribution in [3.05, 3.63) is 46.6 Å². The summed E-state index contributed by atoms with van der Waals surface area (Å²) in [5.41, 5.74) is 1.15. The molecule has 2 aromatic rings. The lowest BCUT2D eigenvalue weighted by Crippen LogP contribution is -2.39. The maximum Gasteiger partial charge on any atom is 0.239 e. The third-order valence-electron chi connectivity index (χ3n) is 5.39. The molecule has 2 aliphatic rings. The molecule has 2 heterocycles. The number of nitrogens with zero attached hydrogens (tertiary/aromatic N) is 4. The Hall–Kier alpha value is -1.92. The molecule has 3 atom stereocenters. The SMILES string of the molecule is CN(C)Cc1nnc([C@@H]2CCCCN2C(=O)[C@H]2C[C@H]2c2cccc(Cl)c2)o1. The molecule has 0 spiro atoms. The molecule has 0 radical (unpaired) electrons. The van der Waals surface area contributed by atoms with Crippen LogP contribution in [-0.2, 0) is 11.3 Å². The Labute approximate surface area is 164 Å². The van der Waals surface area contributed by atoms with Gasteiger partial charge in [-0.15, -0.1) is 10.2 Å². The van der Waals surface area contributed by atoms with Crippen LogP contribution >= 0.6 is 11.6 Å². The number of halogens is 1. The Morgan fingerprint density at radius 2 is 2.19 bits per heavy atom. The van der Waals surface area contributed by atoms with Crippen molar-refractivity contribution in [1.29, 1.82) is 0 Å². The van der Waals surface area contributed by atoms with E-state index in [2.05, 4.69) is 16.3 Å². The van der Waals surface area contributed by atoms with E-state index >= 15 is 0 Å². The van der Waals surface area contributed by atoms with Gasteiger partial charge in [0.2, 0.25) is 17.7 Å². The first-order valence-corrected chi connectivity index (χ1v) is 9.93. The second-order valence-electron chi connectivity index (χ2n) is 7.82. The van der Waals surface area contributed by atoms with Crippen molar-refractivity contribution in [1.82, 2.24) is 20.0 Å². The maximum absolute atomic E-state index is 13.2. The van der Waals surface area contributed by atoms with Crippen LogP contribution in [0, 0.1) is 5.92 Å². The van der Waals surface area contributed by atoms with Crippen molar-refractivity contribution >= 4 is 17.5 Å². The first kappa shape index (κ1) is 18.4. The Morgan fingerprint density at radius 1 is 1.33 bits per heavy atom. The van der Waals surface area contributed by atoms with E-state index in [9.17, 15) is 4.79 Å². The number of likely N-dealkylation sites (tertiary alicyclic amines) is 1. The van der Waals surface area contributed by atoms with Crippen LogP contribution in [0.4, 0.5) is 0 Å². The number of piperidine rings is 1. The van der Waals surface area contributed by atoms with E-state index in [1.165, 1.54) is 0 Å². The van der Waals surface area contributed by atoms with E-state index < -0.39 is 0 Å². The Morgan fingerprint density at radius 3 is 2.96 bits per heavy atom. The van der Waals surface area contributed by atoms with Crippen LogP contribution in [-0.4, -0.2) is 46.5 Å². The molecular weight excluding hydrogens is 364 g/mol. The molecule has 1 saturated carbocycles. The monoisotopic (exact) mass is 388 g/mol. The van der Waals surface area contributed by atoms with Crippen LogP contribution in [0.5, 0.6) is 0 Å². The molecule has 6 nitrogen and oxygen atoms in total. The average Bonchev–Trinajstić information content (AvgIpc) is 3.33. The zero-order chi connectivity index (χ0) is 19.0. The Kier molecular flexibility index (Phi) is 5.19. The first-order valence-electron chi connectivity index (χ1n) is 9.56. The van der Waals surface area contributed by atoms with Gasteiger partial charge in [0.15, 0.2) is 0 Å². The predicted octanol–water partition coefficient (Wildman–Crippen LogP) is 3.64. The van der Waals surface area contributed by atoms with Crippen LogP contribution < -0.4 is 0 Å². The fourth-order valence-corrected chi connectivity index (χ4v) is 4.17. The molecule has 1 aliphatic carbocycles. The van der Waals surface area contributed by atoms with E-state index in [-0.39, 0.29) is 23.8 Å². The topological polar surface area (TPSA) is 62.5 Å². The molecule has 1 aromatic heterocycles. The highest BCUT2D eigenvalue weighted by atomic mass is 35.5. The molecule has 1 aliphatic heterocycles. The maximum atomic E-state index is 13.2. The minimum absolute atomic E-state index is 0.0354. The number of carbonyl (C=O) groups excluding carboxylic acids is 1. The summed E-state index contributed by atoms with van der Waals surface area (Å²) in [6.45, 7) is 1.36. The van der Waals surface area contributed by atoms with Gasteiger partial charge >= 0.3 is 0 Å². The quantitative estimate of drug-likeness (QED) is 0.782. The Balaban J connectivity index is 1.48. The Bertz CT molecular complexity index is 822. The molecule has 4 rings (SSSR count). The van der Waals surface area contributed by atoms with Crippen molar-refractivity contribution in [3.8, 4) is 0 Å². The smallest absolute Gasteiger partial charge is 0.239 e. The summed E-state index contributed by atoms with van der Waals surface area (Å²) < 4.78 is 5.87. The zero-order valence-electron chi connectivity index (χ0n) is 15.8. The van der Waals surface area contributed by atoms with Crippen molar-refractivity contribution in [3.63, 3.8) is 0 Å². The molecule has 1 amide bonds. The van der Waals surface area contributed by atoms with Crippen molar-refractivity contribution < 1.29 is 9.21 Å². The van der Waals surface area contributed by atoms with E-state index in [0.717, 1.165) is 42.8 Å². The third-order valence-corrected chi connectivity index (χ3v) is 5.62. The number of hydrogen-bond acceptors (Lipinski definition) is 5. The summed E-state index contributed by atoms with van der Waals surface area (Å²) >= 11 is 6.11. The summed E-state index contributed by atoms with van der Waals surface area (Å²) in [6.07, 6.45) is 3.86. The minimum Gasteiger partial charge on any atom is -0.422 e. The third kappa shape index (κ3) is 4.01. The van der Waals surface area contributed by atoms with Gasteiger partial charge in [0.25, 0.3) is 0 Å². The average molecular weight is 389 g/mol. The lowest BCUT2D eigenvalue weighted by molar-refractivity contribution is -0.137. The van der Waals surface area contributed by atoms with Gasteiger partial charge in [-0.25, -0.2) is 0 Å². The number of rotatable bonds is 5. The second kappa shape index (κ2) is 7.60. The standard InChI is InChI=1S/C20H25ClN4O2/c1-24(2)12-18-22-23-19(27-18)17-8-3-4-9-25(17)20(26)16-11-15(16)13-6-5-7-14(21)10-13/h5-7,10,15-17H,3-4,8-9,11-12H2,1-2H3/t15-,16-,17-/m0/s1. The molecule has 0 unspecified atom stereocenters. The van der Waals surface area contributed by atoms with Crippen LogP contribution in [0.15, 0.2) is 28.7 Å². The molecule has 7 heteroatoms. The lowest BCUT2D eigenvalue weighted by Gasteiger charge is -2.33. The molecule has 1 saturated heterocycles. The highest BCUT2D eigenvalue weighted by Crippen LogP contribution is 2.50. The fourth-order valence-electron chi connectivity index (χ4n) is 3.97. The van der Waals surface area contributed by atoms with Crippen LogP contribution in [0.25, 0.3) is 0 Å². The van der Waals surface area contributed by atoms with Gasteiger partial charge < -0.3 is 14.2 Å². The highest BCUT2D eigenvalue weighted by molar-refractivity contribution is 6.30. The number of amides is 1. The molecule has 2 fully saturated rings. The molecule has 0 N–H and O–H groups in total. The van der Waals surface area contributed by atoms with Gasteiger partial charge in [-0.3, -0.25) is 4.79 Å². The van der Waals surface area contributed by atoms with Crippen LogP contribution in [0.3, 0.4) is 0 Å². The summed E-state index contributed by atoms with van der Waals surface area (Å²) in [5.74, 6) is 1.67. The van der Waals surface area contributed by atoms with E-state index in [1.54, 1.807) is 0 Å². The number of carbonyl (C=O) groups is 1. The van der Waals surface area contributed by atoms with Gasteiger partial charge in [-0.1, -0.05) is 23.7 Å². The molecular formula is C20H25ClN4O2. The normalized spacial score (nSPS) is 25.0. The summed E-state index contributed by atoms with van der Waals surface area (Å²) in [6, 6.07) is 7.75. The van der Waals surface area contributed by atoms with Crippen LogP contribution in [0.1, 0.15) is 55.0 Å². The molecule has 0 bridgehead atoms. The predicted molar refractivity (Wildman–Crippen MR) is 102 cm³/mol. The lowest BCUT2D eigenvalue weighted by atomic mass is 10.0. The van der Waals surface area contributed by atoms with E-state index in [0.29, 0.717) is 18.3 Å². The number of aromatic nitrogens is 2. The van der Waals surface area contributed by atoms with Gasteiger partial charge in [0.1, 0.15) is 6.04 Å². The van der Waals surface area contributed by atoms with Gasteiger partial charge in [0, 0.05) is 17.5 Å². The van der Waals surface area contributed by atoms with E-state index in [1.807, 2.05) is 42.1 Å². The molecule has 1 aromatic carbocycles.